The van der Waals surface area contributed by atoms with Crippen LogP contribution in [0.25, 0.3) is 11.0 Å². The number of nitrogens with one attached hydrogen (secondary N) is 1. The molecule has 0 fully saturated rings. The van der Waals surface area contributed by atoms with Gasteiger partial charge >= 0.3 is 0 Å². The predicted octanol–water partition coefficient (Wildman–Crippen LogP) is 3.21. The van der Waals surface area contributed by atoms with Crippen molar-refractivity contribution in [3.05, 3.63) is 81.2 Å². The molecule has 0 bridgehead atoms. The molecule has 0 aliphatic carbocycles. The summed E-state index contributed by atoms with van der Waals surface area (Å²) >= 11 is 5.93. The van der Waals surface area contributed by atoms with Gasteiger partial charge in [-0.25, -0.2) is 5.43 Å². The van der Waals surface area contributed by atoms with Gasteiger partial charge in [0.2, 0.25) is 5.43 Å². The quantitative estimate of drug-likeness (QED) is 0.593. The highest BCUT2D eigenvalue weighted by Gasteiger charge is 2.08. The molecular formula is C17H11ClN2O3. The molecular weight excluding hydrogens is 316 g/mol. The van der Waals surface area contributed by atoms with Crippen LogP contribution in [-0.2, 0) is 0 Å². The second kappa shape index (κ2) is 6.46. The minimum Gasteiger partial charge on any atom is -0.463 e. The van der Waals surface area contributed by atoms with Crippen LogP contribution in [0.1, 0.15) is 15.9 Å². The van der Waals surface area contributed by atoms with Crippen molar-refractivity contribution in [1.82, 2.24) is 5.43 Å². The first-order chi connectivity index (χ1) is 11.2. The lowest BCUT2D eigenvalue weighted by molar-refractivity contribution is 0.0955. The molecule has 0 spiro atoms. The molecule has 6 heteroatoms. The normalized spacial score (nSPS) is 11.0. The minimum absolute atomic E-state index is 0.220. The number of hydrogen-bond donors (Lipinski definition) is 1. The first-order valence-corrected chi connectivity index (χ1v) is 7.13. The zero-order valence-electron chi connectivity index (χ0n) is 11.8. The largest absolute Gasteiger partial charge is 0.463 e. The van der Waals surface area contributed by atoms with Crippen LogP contribution in [0.2, 0.25) is 5.02 Å². The summed E-state index contributed by atoms with van der Waals surface area (Å²) in [6, 6.07) is 13.5. The van der Waals surface area contributed by atoms with Crippen molar-refractivity contribution in [2.75, 3.05) is 0 Å². The van der Waals surface area contributed by atoms with Gasteiger partial charge in [0.15, 0.2) is 0 Å². The minimum atomic E-state index is -0.461. The van der Waals surface area contributed by atoms with E-state index in [4.69, 9.17) is 16.0 Å². The van der Waals surface area contributed by atoms with Crippen LogP contribution in [0, 0.1) is 0 Å². The van der Waals surface area contributed by atoms with Gasteiger partial charge in [-0.1, -0.05) is 35.9 Å². The first-order valence-electron chi connectivity index (χ1n) is 6.75. The van der Waals surface area contributed by atoms with Crippen molar-refractivity contribution in [3.63, 3.8) is 0 Å². The molecule has 5 nitrogen and oxygen atoms in total. The number of carbonyl (C=O) groups excluding carboxylic acids is 1. The molecule has 1 amide bonds. The van der Waals surface area contributed by atoms with Crippen LogP contribution in [-0.4, -0.2) is 12.1 Å². The average molecular weight is 327 g/mol. The van der Waals surface area contributed by atoms with Gasteiger partial charge in [0.1, 0.15) is 11.8 Å². The lowest BCUT2D eigenvalue weighted by atomic mass is 10.2. The smallest absolute Gasteiger partial charge is 0.272 e. The van der Waals surface area contributed by atoms with Gasteiger partial charge in [-0.2, -0.15) is 5.10 Å². The molecule has 0 aliphatic heterocycles. The number of hydrogen-bond acceptors (Lipinski definition) is 4. The van der Waals surface area contributed by atoms with E-state index in [1.807, 2.05) is 0 Å². The Hall–Kier alpha value is -2.92. The summed E-state index contributed by atoms with van der Waals surface area (Å²) < 4.78 is 5.36. The van der Waals surface area contributed by atoms with Crippen molar-refractivity contribution in [2.45, 2.75) is 0 Å². The first kappa shape index (κ1) is 15.0. The zero-order valence-corrected chi connectivity index (χ0v) is 12.6. The number of benzene rings is 2. The van der Waals surface area contributed by atoms with Crippen molar-refractivity contribution in [3.8, 4) is 0 Å². The summed E-state index contributed by atoms with van der Waals surface area (Å²) in [5.74, 6) is -0.461. The Kier molecular flexibility index (Phi) is 4.21. The van der Waals surface area contributed by atoms with Crippen molar-refractivity contribution >= 4 is 34.7 Å². The Bertz CT molecular complexity index is 963. The Morgan fingerprint density at radius 3 is 2.70 bits per heavy atom. The summed E-state index contributed by atoms with van der Waals surface area (Å²) in [7, 11) is 0. The van der Waals surface area contributed by atoms with Crippen molar-refractivity contribution < 1.29 is 9.21 Å². The Morgan fingerprint density at radius 1 is 1.13 bits per heavy atom. The third-order valence-corrected chi connectivity index (χ3v) is 3.52. The van der Waals surface area contributed by atoms with E-state index >= 15 is 0 Å². The van der Waals surface area contributed by atoms with Crippen molar-refractivity contribution in [2.24, 2.45) is 5.10 Å². The van der Waals surface area contributed by atoms with Crippen LogP contribution in [0.3, 0.4) is 0 Å². The highest BCUT2D eigenvalue weighted by Crippen LogP contribution is 2.14. The maximum atomic E-state index is 12.2. The fraction of sp³-hybridized carbons (Fsp3) is 0. The number of rotatable bonds is 3. The predicted molar refractivity (Wildman–Crippen MR) is 89.0 cm³/mol. The van der Waals surface area contributed by atoms with E-state index in [0.29, 0.717) is 21.6 Å². The molecule has 114 valence electrons. The monoisotopic (exact) mass is 326 g/mol. The molecule has 0 aliphatic rings. The Labute approximate surface area is 136 Å². The lowest BCUT2D eigenvalue weighted by Gasteiger charge is -2.01. The molecule has 2 aromatic carbocycles. The van der Waals surface area contributed by atoms with E-state index in [-0.39, 0.29) is 11.0 Å². The number of halogens is 1. The van der Waals surface area contributed by atoms with Crippen LogP contribution in [0.15, 0.2) is 69.1 Å². The third kappa shape index (κ3) is 3.14. The Balaban J connectivity index is 1.81. The van der Waals surface area contributed by atoms with E-state index in [9.17, 15) is 9.59 Å². The van der Waals surface area contributed by atoms with Gasteiger partial charge in [0.25, 0.3) is 5.91 Å². The molecule has 0 saturated carbocycles. The highest BCUT2D eigenvalue weighted by molar-refractivity contribution is 6.33. The molecule has 0 unspecified atom stereocenters. The topological polar surface area (TPSA) is 71.7 Å². The zero-order chi connectivity index (χ0) is 16.2. The van der Waals surface area contributed by atoms with E-state index in [2.05, 4.69) is 10.5 Å². The van der Waals surface area contributed by atoms with Gasteiger partial charge < -0.3 is 4.42 Å². The second-order valence-electron chi connectivity index (χ2n) is 4.70. The van der Waals surface area contributed by atoms with Gasteiger partial charge in [-0.3, -0.25) is 9.59 Å². The molecule has 0 radical (unpaired) electrons. The molecule has 23 heavy (non-hydrogen) atoms. The van der Waals surface area contributed by atoms with Gasteiger partial charge in [-0.15, -0.1) is 0 Å². The number of para-hydroxylation sites is 1. The van der Waals surface area contributed by atoms with Gasteiger partial charge in [0.05, 0.1) is 27.8 Å². The fourth-order valence-electron chi connectivity index (χ4n) is 2.05. The molecule has 3 aromatic rings. The maximum absolute atomic E-state index is 12.2. The fourth-order valence-corrected chi connectivity index (χ4v) is 2.27. The van der Waals surface area contributed by atoms with E-state index in [1.54, 1.807) is 48.5 Å². The average Bonchev–Trinajstić information content (AvgIpc) is 2.57. The SMILES string of the molecule is O=C(N/N=C/c1coc2ccccc2c1=O)c1ccccc1Cl. The number of hydrazone groups is 1. The van der Waals surface area contributed by atoms with E-state index < -0.39 is 5.91 Å². The molecule has 0 atom stereocenters. The van der Waals surface area contributed by atoms with Crippen LogP contribution in [0.5, 0.6) is 0 Å². The van der Waals surface area contributed by atoms with Gasteiger partial charge in [0, 0.05) is 0 Å². The second-order valence-corrected chi connectivity index (χ2v) is 5.10. The molecule has 3 rings (SSSR count). The summed E-state index contributed by atoms with van der Waals surface area (Å²) in [5.41, 5.74) is 3.15. The van der Waals surface area contributed by atoms with E-state index in [0.717, 1.165) is 0 Å². The summed E-state index contributed by atoms with van der Waals surface area (Å²) in [4.78, 5) is 24.2. The third-order valence-electron chi connectivity index (χ3n) is 3.19. The molecule has 1 aromatic heterocycles. The summed E-state index contributed by atoms with van der Waals surface area (Å²) in [6.45, 7) is 0. The molecule has 0 saturated heterocycles. The van der Waals surface area contributed by atoms with Crippen LogP contribution < -0.4 is 10.9 Å². The number of fused-ring (bicyclic) bond motifs is 1. The standard InChI is InChI=1S/C17H11ClN2O3/c18-14-7-3-1-5-12(14)17(22)20-19-9-11-10-23-15-8-4-2-6-13(15)16(11)21/h1-10H,(H,20,22)/b19-9+. The Morgan fingerprint density at radius 2 is 1.87 bits per heavy atom. The van der Waals surface area contributed by atoms with E-state index in [1.165, 1.54) is 12.5 Å². The highest BCUT2D eigenvalue weighted by atomic mass is 35.5. The van der Waals surface area contributed by atoms with Crippen LogP contribution >= 0.6 is 11.6 Å². The number of amides is 1. The van der Waals surface area contributed by atoms with Gasteiger partial charge in [-0.05, 0) is 24.3 Å². The molecule has 1 N–H and O–H groups in total. The number of nitrogens with zero attached hydrogens (tertiary/aromatic N) is 1. The number of carbonyl (C=O) groups is 1. The maximum Gasteiger partial charge on any atom is 0.272 e. The lowest BCUT2D eigenvalue weighted by Crippen LogP contribution is -2.19. The molecule has 1 heterocycles. The van der Waals surface area contributed by atoms with Crippen LogP contribution in [0.4, 0.5) is 0 Å². The van der Waals surface area contributed by atoms with Crippen molar-refractivity contribution in [1.29, 1.82) is 0 Å². The summed E-state index contributed by atoms with van der Waals surface area (Å²) in [5, 5.41) is 4.56. The summed E-state index contributed by atoms with van der Waals surface area (Å²) in [6.07, 6.45) is 2.54.